The predicted molar refractivity (Wildman–Crippen MR) is 46.8 cm³/mol. The van der Waals surface area contributed by atoms with Gasteiger partial charge in [-0.3, -0.25) is 0 Å². The Balaban J connectivity index is 2.55. The molecule has 0 saturated heterocycles. The lowest BCUT2D eigenvalue weighted by molar-refractivity contribution is 0.179. The highest BCUT2D eigenvalue weighted by Crippen LogP contribution is 2.14. The summed E-state index contributed by atoms with van der Waals surface area (Å²) in [6.07, 6.45) is 0. The van der Waals surface area contributed by atoms with Gasteiger partial charge in [0.1, 0.15) is 17.9 Å². The van der Waals surface area contributed by atoms with Crippen molar-refractivity contribution in [3.63, 3.8) is 0 Å². The SMILES string of the molecule is COCc1nc2c(F)cccc2[nH]1. The molecule has 1 aromatic heterocycles. The molecule has 0 saturated carbocycles. The summed E-state index contributed by atoms with van der Waals surface area (Å²) in [5.74, 6) is 0.332. The lowest BCUT2D eigenvalue weighted by atomic mass is 10.3. The van der Waals surface area contributed by atoms with Crippen LogP contribution in [0.25, 0.3) is 11.0 Å². The van der Waals surface area contributed by atoms with E-state index in [1.807, 2.05) is 0 Å². The predicted octanol–water partition coefficient (Wildman–Crippen LogP) is 1.85. The second-order valence-corrected chi connectivity index (χ2v) is 2.75. The van der Waals surface area contributed by atoms with Gasteiger partial charge >= 0.3 is 0 Å². The Morgan fingerprint density at radius 1 is 1.54 bits per heavy atom. The molecule has 0 radical (unpaired) electrons. The highest BCUT2D eigenvalue weighted by atomic mass is 19.1. The fourth-order valence-corrected chi connectivity index (χ4v) is 1.25. The van der Waals surface area contributed by atoms with Gasteiger partial charge in [-0.05, 0) is 12.1 Å². The third-order valence-corrected chi connectivity index (χ3v) is 1.79. The normalized spacial score (nSPS) is 10.9. The van der Waals surface area contributed by atoms with Gasteiger partial charge < -0.3 is 9.72 Å². The molecule has 1 heterocycles. The van der Waals surface area contributed by atoms with Gasteiger partial charge in [0.2, 0.25) is 0 Å². The Morgan fingerprint density at radius 3 is 3.08 bits per heavy atom. The molecule has 0 aliphatic carbocycles. The number of imidazole rings is 1. The molecule has 0 aliphatic rings. The van der Waals surface area contributed by atoms with Crippen molar-refractivity contribution in [3.8, 4) is 0 Å². The first-order valence-electron chi connectivity index (χ1n) is 3.93. The molecule has 0 spiro atoms. The van der Waals surface area contributed by atoms with Gasteiger partial charge in [-0.15, -0.1) is 0 Å². The molecular weight excluding hydrogens is 171 g/mol. The minimum atomic E-state index is -0.309. The van der Waals surface area contributed by atoms with Gasteiger partial charge in [0.15, 0.2) is 5.82 Å². The van der Waals surface area contributed by atoms with E-state index in [1.165, 1.54) is 6.07 Å². The number of hydrogen-bond donors (Lipinski definition) is 1. The second kappa shape index (κ2) is 3.14. The maximum atomic E-state index is 13.1. The van der Waals surface area contributed by atoms with Gasteiger partial charge in [-0.2, -0.15) is 0 Å². The number of H-pyrrole nitrogens is 1. The number of aromatic nitrogens is 2. The van der Waals surface area contributed by atoms with Gasteiger partial charge in [0.25, 0.3) is 0 Å². The van der Waals surface area contributed by atoms with E-state index < -0.39 is 0 Å². The van der Waals surface area contributed by atoms with Crippen molar-refractivity contribution in [2.75, 3.05) is 7.11 Å². The van der Waals surface area contributed by atoms with E-state index in [1.54, 1.807) is 19.2 Å². The molecule has 4 heteroatoms. The summed E-state index contributed by atoms with van der Waals surface area (Å²) in [4.78, 5) is 7.01. The Morgan fingerprint density at radius 2 is 2.38 bits per heavy atom. The summed E-state index contributed by atoms with van der Waals surface area (Å²) >= 11 is 0. The van der Waals surface area contributed by atoms with E-state index >= 15 is 0 Å². The number of methoxy groups -OCH3 is 1. The zero-order valence-corrected chi connectivity index (χ0v) is 7.17. The maximum absolute atomic E-state index is 13.1. The highest BCUT2D eigenvalue weighted by Gasteiger charge is 2.05. The minimum absolute atomic E-state index is 0.309. The molecule has 0 fully saturated rings. The maximum Gasteiger partial charge on any atom is 0.151 e. The zero-order valence-electron chi connectivity index (χ0n) is 7.17. The minimum Gasteiger partial charge on any atom is -0.377 e. The van der Waals surface area contributed by atoms with Crippen molar-refractivity contribution in [3.05, 3.63) is 29.8 Å². The van der Waals surface area contributed by atoms with Crippen LogP contribution in [0.3, 0.4) is 0 Å². The average molecular weight is 180 g/mol. The number of halogens is 1. The van der Waals surface area contributed by atoms with Crippen LogP contribution in [0, 0.1) is 5.82 Å². The van der Waals surface area contributed by atoms with Crippen LogP contribution >= 0.6 is 0 Å². The van der Waals surface area contributed by atoms with Gasteiger partial charge in [0, 0.05) is 7.11 Å². The van der Waals surface area contributed by atoms with Gasteiger partial charge in [-0.1, -0.05) is 6.07 Å². The molecule has 0 aliphatic heterocycles. The first-order chi connectivity index (χ1) is 6.31. The number of fused-ring (bicyclic) bond motifs is 1. The number of hydrogen-bond acceptors (Lipinski definition) is 2. The number of benzene rings is 1. The van der Waals surface area contributed by atoms with E-state index in [4.69, 9.17) is 4.74 Å². The van der Waals surface area contributed by atoms with Crippen LogP contribution in [0.5, 0.6) is 0 Å². The third-order valence-electron chi connectivity index (χ3n) is 1.79. The van der Waals surface area contributed by atoms with Crippen molar-refractivity contribution in [1.29, 1.82) is 0 Å². The molecule has 68 valence electrons. The summed E-state index contributed by atoms with van der Waals surface area (Å²) in [5, 5.41) is 0. The van der Waals surface area contributed by atoms with E-state index in [-0.39, 0.29) is 5.82 Å². The largest absolute Gasteiger partial charge is 0.377 e. The molecule has 0 atom stereocenters. The summed E-state index contributed by atoms with van der Waals surface area (Å²) in [5.41, 5.74) is 1.07. The van der Waals surface area contributed by atoms with Crippen molar-refractivity contribution in [1.82, 2.24) is 9.97 Å². The van der Waals surface area contributed by atoms with E-state index in [0.717, 1.165) is 0 Å². The van der Waals surface area contributed by atoms with Crippen molar-refractivity contribution in [2.24, 2.45) is 0 Å². The number of ether oxygens (including phenoxy) is 1. The Bertz CT molecular complexity index is 424. The van der Waals surface area contributed by atoms with Crippen molar-refractivity contribution >= 4 is 11.0 Å². The molecule has 0 unspecified atom stereocenters. The van der Waals surface area contributed by atoms with Crippen LogP contribution in [0.2, 0.25) is 0 Å². The Labute approximate surface area is 74.6 Å². The second-order valence-electron chi connectivity index (χ2n) is 2.75. The first kappa shape index (κ1) is 8.19. The number of rotatable bonds is 2. The van der Waals surface area contributed by atoms with E-state index in [2.05, 4.69) is 9.97 Å². The summed E-state index contributed by atoms with van der Waals surface area (Å²) in [6.45, 7) is 0.369. The Hall–Kier alpha value is -1.42. The molecule has 0 amide bonds. The van der Waals surface area contributed by atoms with Crippen LogP contribution in [0.1, 0.15) is 5.82 Å². The van der Waals surface area contributed by atoms with Crippen LogP contribution in [0.4, 0.5) is 4.39 Å². The monoisotopic (exact) mass is 180 g/mol. The fraction of sp³-hybridized carbons (Fsp3) is 0.222. The molecular formula is C9H9FN2O. The Kier molecular flexibility index (Phi) is 1.98. The third kappa shape index (κ3) is 1.40. The summed E-state index contributed by atoms with van der Waals surface area (Å²) < 4.78 is 18.0. The molecule has 1 aromatic carbocycles. The van der Waals surface area contributed by atoms with Gasteiger partial charge in [-0.25, -0.2) is 9.37 Å². The van der Waals surface area contributed by atoms with E-state index in [9.17, 15) is 4.39 Å². The number of nitrogens with zero attached hydrogens (tertiary/aromatic N) is 1. The number of nitrogens with one attached hydrogen (secondary N) is 1. The molecule has 2 aromatic rings. The first-order valence-corrected chi connectivity index (χ1v) is 3.93. The molecule has 0 bridgehead atoms. The summed E-state index contributed by atoms with van der Waals surface area (Å²) in [6, 6.07) is 4.82. The fourth-order valence-electron chi connectivity index (χ4n) is 1.25. The van der Waals surface area contributed by atoms with Crippen LogP contribution in [0.15, 0.2) is 18.2 Å². The van der Waals surface area contributed by atoms with E-state index in [0.29, 0.717) is 23.5 Å². The van der Waals surface area contributed by atoms with Crippen LogP contribution in [-0.4, -0.2) is 17.1 Å². The molecule has 1 N–H and O–H groups in total. The van der Waals surface area contributed by atoms with Crippen molar-refractivity contribution < 1.29 is 9.13 Å². The van der Waals surface area contributed by atoms with Gasteiger partial charge in [0.05, 0.1) is 5.52 Å². The lowest BCUT2D eigenvalue weighted by Gasteiger charge is -1.89. The summed E-state index contributed by atoms with van der Waals surface area (Å²) in [7, 11) is 1.57. The number of para-hydroxylation sites is 1. The molecule has 13 heavy (non-hydrogen) atoms. The molecule has 2 rings (SSSR count). The molecule has 3 nitrogen and oxygen atoms in total. The van der Waals surface area contributed by atoms with Crippen LogP contribution in [-0.2, 0) is 11.3 Å². The topological polar surface area (TPSA) is 37.9 Å². The average Bonchev–Trinajstić information content (AvgIpc) is 2.49. The quantitative estimate of drug-likeness (QED) is 0.765. The van der Waals surface area contributed by atoms with Crippen LogP contribution < -0.4 is 0 Å². The number of aromatic amines is 1. The zero-order chi connectivity index (χ0) is 9.26. The smallest absolute Gasteiger partial charge is 0.151 e. The van der Waals surface area contributed by atoms with Crippen molar-refractivity contribution in [2.45, 2.75) is 6.61 Å². The standard InChI is InChI=1S/C9H9FN2O/c1-13-5-8-11-7-4-2-3-6(10)9(7)12-8/h2-4H,5H2,1H3,(H,11,12). The lowest BCUT2D eigenvalue weighted by Crippen LogP contribution is -1.88. The highest BCUT2D eigenvalue weighted by molar-refractivity contribution is 5.75.